The number of rotatable bonds is 7. The molecule has 0 spiro atoms. The van der Waals surface area contributed by atoms with Gasteiger partial charge in [0, 0.05) is 11.8 Å². The molecule has 1 heterocycles. The maximum absolute atomic E-state index is 12.2. The molecular weight excluding hydrogens is 308 g/mol. The van der Waals surface area contributed by atoms with Gasteiger partial charge in [0.1, 0.15) is 17.5 Å². The van der Waals surface area contributed by atoms with E-state index in [9.17, 15) is 9.59 Å². The Kier molecular flexibility index (Phi) is 5.89. The van der Waals surface area contributed by atoms with Crippen LogP contribution in [0, 0.1) is 6.92 Å². The van der Waals surface area contributed by atoms with E-state index in [1.54, 1.807) is 0 Å². The Morgan fingerprint density at radius 3 is 2.75 bits per heavy atom. The van der Waals surface area contributed by atoms with Gasteiger partial charge in [-0.2, -0.15) is 0 Å². The fourth-order valence-electron chi connectivity index (χ4n) is 2.15. The molecule has 0 saturated carbocycles. The molecule has 0 aliphatic heterocycles. The summed E-state index contributed by atoms with van der Waals surface area (Å²) in [5, 5.41) is 11.7. The molecule has 2 rings (SSSR count). The van der Waals surface area contributed by atoms with Crippen LogP contribution < -0.4 is 10.1 Å². The molecule has 6 nitrogen and oxygen atoms in total. The Hall–Kier alpha value is -2.89. The van der Waals surface area contributed by atoms with E-state index in [2.05, 4.69) is 10.3 Å². The number of amides is 1. The molecule has 0 fully saturated rings. The summed E-state index contributed by atoms with van der Waals surface area (Å²) in [4.78, 5) is 26.8. The van der Waals surface area contributed by atoms with Gasteiger partial charge in [-0.3, -0.25) is 4.79 Å². The van der Waals surface area contributed by atoms with Crippen molar-refractivity contribution >= 4 is 11.9 Å². The number of pyridine rings is 1. The van der Waals surface area contributed by atoms with Gasteiger partial charge in [-0.25, -0.2) is 9.78 Å². The number of hydrogen-bond acceptors (Lipinski definition) is 4. The molecule has 2 N–H and O–H groups in total. The number of carboxylic acid groups (broad SMARTS) is 1. The molecule has 0 bridgehead atoms. The summed E-state index contributed by atoms with van der Waals surface area (Å²) in [6.07, 6.45) is 1.86. The average molecular weight is 328 g/mol. The molecule has 1 aromatic heterocycles. The highest BCUT2D eigenvalue weighted by Crippen LogP contribution is 2.15. The third-order valence-electron chi connectivity index (χ3n) is 3.48. The zero-order valence-corrected chi connectivity index (χ0v) is 13.7. The van der Waals surface area contributed by atoms with Crippen LogP contribution >= 0.6 is 0 Å². The summed E-state index contributed by atoms with van der Waals surface area (Å²) in [6, 6.07) is 10.4. The molecule has 1 amide bonds. The van der Waals surface area contributed by atoms with E-state index in [0.29, 0.717) is 6.54 Å². The van der Waals surface area contributed by atoms with Gasteiger partial charge in [-0.1, -0.05) is 19.1 Å². The zero-order chi connectivity index (χ0) is 17.5. The lowest BCUT2D eigenvalue weighted by molar-refractivity contribution is 0.0690. The lowest BCUT2D eigenvalue weighted by Crippen LogP contribution is -2.35. The highest BCUT2D eigenvalue weighted by molar-refractivity contribution is 5.96. The Labute approximate surface area is 140 Å². The first-order valence-corrected chi connectivity index (χ1v) is 7.70. The van der Waals surface area contributed by atoms with E-state index in [1.165, 1.54) is 18.3 Å². The summed E-state index contributed by atoms with van der Waals surface area (Å²) in [5.74, 6) is -0.766. The Morgan fingerprint density at radius 2 is 2.08 bits per heavy atom. The second-order valence-electron chi connectivity index (χ2n) is 5.41. The molecule has 0 aliphatic rings. The molecule has 126 valence electrons. The molecule has 2 aromatic rings. The third-order valence-corrected chi connectivity index (χ3v) is 3.48. The zero-order valence-electron chi connectivity index (χ0n) is 13.7. The molecule has 1 unspecified atom stereocenters. The molecule has 24 heavy (non-hydrogen) atoms. The number of carboxylic acids is 1. The monoisotopic (exact) mass is 328 g/mol. The Balaban J connectivity index is 1.96. The van der Waals surface area contributed by atoms with E-state index in [4.69, 9.17) is 9.84 Å². The largest absolute Gasteiger partial charge is 0.489 e. The number of aryl methyl sites for hydroxylation is 1. The van der Waals surface area contributed by atoms with Crippen LogP contribution in [-0.4, -0.2) is 34.6 Å². The van der Waals surface area contributed by atoms with Gasteiger partial charge >= 0.3 is 5.97 Å². The smallest absolute Gasteiger partial charge is 0.354 e. The van der Waals surface area contributed by atoms with Gasteiger partial charge in [0.2, 0.25) is 0 Å². The fraction of sp³-hybridized carbons (Fsp3) is 0.278. The normalized spacial score (nSPS) is 11.6. The molecule has 0 aliphatic carbocycles. The van der Waals surface area contributed by atoms with E-state index in [1.807, 2.05) is 38.1 Å². The van der Waals surface area contributed by atoms with Crippen LogP contribution in [0.1, 0.15) is 39.8 Å². The van der Waals surface area contributed by atoms with Crippen LogP contribution in [0.3, 0.4) is 0 Å². The molecule has 0 saturated heterocycles. The highest BCUT2D eigenvalue weighted by atomic mass is 16.5. The van der Waals surface area contributed by atoms with Crippen LogP contribution in [0.5, 0.6) is 5.75 Å². The number of aromatic nitrogens is 1. The number of benzene rings is 1. The van der Waals surface area contributed by atoms with E-state index in [0.717, 1.165) is 17.7 Å². The molecule has 1 atom stereocenters. The van der Waals surface area contributed by atoms with Gasteiger partial charge in [-0.05, 0) is 43.2 Å². The lowest BCUT2D eigenvalue weighted by Gasteiger charge is -2.18. The quantitative estimate of drug-likeness (QED) is 0.816. The van der Waals surface area contributed by atoms with Crippen molar-refractivity contribution in [1.82, 2.24) is 10.3 Å². The SMILES string of the molecule is CCC(CNC(=O)c1ccnc(C(=O)O)c1)Oc1cccc(C)c1. The van der Waals surface area contributed by atoms with Crippen molar-refractivity contribution in [1.29, 1.82) is 0 Å². The molecule has 1 aromatic carbocycles. The first-order chi connectivity index (χ1) is 11.5. The van der Waals surface area contributed by atoms with Crippen LogP contribution in [0.25, 0.3) is 0 Å². The van der Waals surface area contributed by atoms with Crippen LogP contribution in [0.2, 0.25) is 0 Å². The van der Waals surface area contributed by atoms with Crippen molar-refractivity contribution in [2.45, 2.75) is 26.4 Å². The molecule has 6 heteroatoms. The topological polar surface area (TPSA) is 88.5 Å². The van der Waals surface area contributed by atoms with Crippen LogP contribution in [0.4, 0.5) is 0 Å². The van der Waals surface area contributed by atoms with E-state index >= 15 is 0 Å². The van der Waals surface area contributed by atoms with Gasteiger partial charge in [-0.15, -0.1) is 0 Å². The van der Waals surface area contributed by atoms with Gasteiger partial charge in [0.25, 0.3) is 5.91 Å². The van der Waals surface area contributed by atoms with Crippen molar-refractivity contribution in [2.75, 3.05) is 6.54 Å². The fourth-order valence-corrected chi connectivity index (χ4v) is 2.15. The number of ether oxygens (including phenoxy) is 1. The molecular formula is C18H20N2O4. The minimum absolute atomic E-state index is 0.161. The van der Waals surface area contributed by atoms with Crippen molar-refractivity contribution in [3.8, 4) is 5.75 Å². The lowest BCUT2D eigenvalue weighted by atomic mass is 10.2. The summed E-state index contributed by atoms with van der Waals surface area (Å²) in [5.41, 5.74) is 1.20. The summed E-state index contributed by atoms with van der Waals surface area (Å²) in [6.45, 7) is 4.29. The summed E-state index contributed by atoms with van der Waals surface area (Å²) in [7, 11) is 0. The van der Waals surface area contributed by atoms with Gasteiger partial charge in [0.05, 0.1) is 6.54 Å². The first kappa shape index (κ1) is 17.5. The number of carbonyl (C=O) groups is 2. The second-order valence-corrected chi connectivity index (χ2v) is 5.41. The summed E-state index contributed by atoms with van der Waals surface area (Å²) >= 11 is 0. The Morgan fingerprint density at radius 1 is 1.29 bits per heavy atom. The second kappa shape index (κ2) is 8.10. The minimum atomic E-state index is -1.17. The van der Waals surface area contributed by atoms with Crippen molar-refractivity contribution in [2.24, 2.45) is 0 Å². The Bertz CT molecular complexity index is 730. The average Bonchev–Trinajstić information content (AvgIpc) is 2.58. The maximum Gasteiger partial charge on any atom is 0.354 e. The number of nitrogens with one attached hydrogen (secondary N) is 1. The third kappa shape index (κ3) is 4.81. The number of carbonyl (C=O) groups excluding carboxylic acids is 1. The predicted molar refractivity (Wildman–Crippen MR) is 89.4 cm³/mol. The van der Waals surface area contributed by atoms with E-state index in [-0.39, 0.29) is 23.3 Å². The van der Waals surface area contributed by atoms with Gasteiger partial charge in [0.15, 0.2) is 0 Å². The van der Waals surface area contributed by atoms with Crippen molar-refractivity contribution in [3.05, 3.63) is 59.4 Å². The predicted octanol–water partition coefficient (Wildman–Crippen LogP) is 2.68. The van der Waals surface area contributed by atoms with Crippen LogP contribution in [0.15, 0.2) is 42.6 Å². The van der Waals surface area contributed by atoms with Crippen molar-refractivity contribution < 1.29 is 19.4 Å². The number of nitrogens with zero attached hydrogens (tertiary/aromatic N) is 1. The first-order valence-electron chi connectivity index (χ1n) is 7.70. The minimum Gasteiger partial charge on any atom is -0.489 e. The van der Waals surface area contributed by atoms with Crippen molar-refractivity contribution in [3.63, 3.8) is 0 Å². The standard InChI is InChI=1S/C18H20N2O4/c1-3-14(24-15-6-4-5-12(2)9-15)11-20-17(21)13-7-8-19-16(10-13)18(22)23/h4-10,14H,3,11H2,1-2H3,(H,20,21)(H,22,23). The highest BCUT2D eigenvalue weighted by Gasteiger charge is 2.14. The summed E-state index contributed by atoms with van der Waals surface area (Å²) < 4.78 is 5.87. The molecule has 0 radical (unpaired) electrons. The van der Waals surface area contributed by atoms with Gasteiger partial charge < -0.3 is 15.2 Å². The number of hydrogen-bond donors (Lipinski definition) is 2. The maximum atomic E-state index is 12.2. The van der Waals surface area contributed by atoms with Crippen LogP contribution in [-0.2, 0) is 0 Å². The van der Waals surface area contributed by atoms with E-state index < -0.39 is 5.97 Å². The number of aromatic carboxylic acids is 1.